The average molecular weight is 509 g/mol. The van der Waals surface area contributed by atoms with Crippen LogP contribution in [-0.2, 0) is 14.3 Å². The van der Waals surface area contributed by atoms with Gasteiger partial charge < -0.3 is 0 Å². The van der Waals surface area contributed by atoms with Gasteiger partial charge in [0.25, 0.3) is 10.1 Å². The molecular formula is C26H25ClN4O3S. The average Bonchev–Trinajstić information content (AvgIpc) is 3.57. The van der Waals surface area contributed by atoms with Crippen molar-refractivity contribution in [1.29, 1.82) is 0 Å². The summed E-state index contributed by atoms with van der Waals surface area (Å²) in [5.74, 6) is 0.641. The third-order valence-electron chi connectivity index (χ3n) is 6.88. The molecule has 0 radical (unpaired) electrons. The normalized spacial score (nSPS) is 20.2. The molecule has 0 unspecified atom stereocenters. The van der Waals surface area contributed by atoms with Gasteiger partial charge in [-0.3, -0.25) is 13.8 Å². The van der Waals surface area contributed by atoms with E-state index in [9.17, 15) is 8.42 Å². The van der Waals surface area contributed by atoms with Gasteiger partial charge in [-0.15, -0.1) is 0 Å². The van der Waals surface area contributed by atoms with Crippen molar-refractivity contribution in [2.75, 3.05) is 6.61 Å². The Morgan fingerprint density at radius 3 is 2.63 bits per heavy atom. The Balaban J connectivity index is 1.16. The summed E-state index contributed by atoms with van der Waals surface area (Å²) in [5.41, 5.74) is 5.36. The zero-order valence-electron chi connectivity index (χ0n) is 19.3. The number of hydrogen-bond acceptors (Lipinski definition) is 6. The molecule has 0 saturated heterocycles. The van der Waals surface area contributed by atoms with E-state index in [0.29, 0.717) is 16.5 Å². The molecule has 2 aromatic carbocycles. The number of aryl methyl sites for hydroxylation is 1. The Kier molecular flexibility index (Phi) is 5.62. The minimum absolute atomic E-state index is 0.180. The van der Waals surface area contributed by atoms with Crippen molar-refractivity contribution < 1.29 is 12.6 Å². The first-order chi connectivity index (χ1) is 16.9. The van der Waals surface area contributed by atoms with E-state index in [0.717, 1.165) is 53.7 Å². The Hall–Kier alpha value is -2.81. The highest BCUT2D eigenvalue weighted by Gasteiger charge is 2.36. The van der Waals surface area contributed by atoms with Crippen LogP contribution in [0.1, 0.15) is 48.9 Å². The van der Waals surface area contributed by atoms with Crippen molar-refractivity contribution in [2.45, 2.75) is 49.5 Å². The van der Waals surface area contributed by atoms with E-state index in [-0.39, 0.29) is 23.5 Å². The number of benzene rings is 2. The molecule has 2 aliphatic rings. The van der Waals surface area contributed by atoms with Crippen LogP contribution in [0, 0.1) is 12.8 Å². The Bertz CT molecular complexity index is 1510. The largest absolute Gasteiger partial charge is 0.296 e. The zero-order valence-corrected chi connectivity index (χ0v) is 20.8. The summed E-state index contributed by atoms with van der Waals surface area (Å²) in [5, 5.41) is 5.52. The first-order valence-electron chi connectivity index (χ1n) is 11.8. The van der Waals surface area contributed by atoms with E-state index in [4.69, 9.17) is 25.9 Å². The molecule has 7 nitrogen and oxygen atoms in total. The molecule has 0 atom stereocenters. The van der Waals surface area contributed by atoms with Crippen LogP contribution in [0.25, 0.3) is 22.3 Å². The van der Waals surface area contributed by atoms with Gasteiger partial charge in [-0.2, -0.15) is 13.5 Å². The van der Waals surface area contributed by atoms with Crippen molar-refractivity contribution in [3.63, 3.8) is 0 Å². The minimum Gasteiger partial charge on any atom is -0.269 e. The van der Waals surface area contributed by atoms with Gasteiger partial charge in [-0.05, 0) is 62.8 Å². The zero-order chi connectivity index (χ0) is 24.2. The first kappa shape index (κ1) is 22.6. The maximum absolute atomic E-state index is 12.5. The maximum atomic E-state index is 12.5. The molecule has 180 valence electrons. The fourth-order valence-corrected chi connectivity index (χ4v) is 5.79. The van der Waals surface area contributed by atoms with E-state index in [1.807, 2.05) is 29.8 Å². The van der Waals surface area contributed by atoms with Gasteiger partial charge in [0.05, 0.1) is 45.7 Å². The topological polar surface area (TPSA) is 87.0 Å². The summed E-state index contributed by atoms with van der Waals surface area (Å²) in [6.45, 7) is 2.11. The van der Waals surface area contributed by atoms with Crippen molar-refractivity contribution >= 4 is 32.8 Å². The summed E-state index contributed by atoms with van der Waals surface area (Å²) in [4.78, 5) is 9.56. The third-order valence-corrected chi connectivity index (χ3v) is 8.48. The standard InChI is InChI=1S/C26H25ClN4O3S/c1-16-5-9-20(10-6-16)35(32,33)34-15-17-11-19(12-17)31-14-21(25(30-31)18-7-8-18)24-13-28-26-22(27)3-2-4-23(26)29-24/h2-6,9-10,13-14,17-19H,7-8,11-12,15H2,1H3/t17-,19-. The van der Waals surface area contributed by atoms with E-state index in [1.54, 1.807) is 30.5 Å². The molecule has 0 spiro atoms. The predicted octanol–water partition coefficient (Wildman–Crippen LogP) is 5.69. The molecule has 4 aromatic rings. The molecule has 0 N–H and O–H groups in total. The lowest BCUT2D eigenvalue weighted by Crippen LogP contribution is -2.31. The van der Waals surface area contributed by atoms with Gasteiger partial charge in [0.15, 0.2) is 0 Å². The Morgan fingerprint density at radius 2 is 1.89 bits per heavy atom. The van der Waals surface area contributed by atoms with E-state index in [1.165, 1.54) is 0 Å². The van der Waals surface area contributed by atoms with Gasteiger partial charge in [0.2, 0.25) is 0 Å². The smallest absolute Gasteiger partial charge is 0.269 e. The Labute approximate surface area is 209 Å². The second-order valence-corrected chi connectivity index (χ2v) is 11.6. The lowest BCUT2D eigenvalue weighted by Gasteiger charge is -2.34. The minimum atomic E-state index is -3.74. The number of rotatable bonds is 7. The third kappa shape index (κ3) is 4.46. The number of halogens is 1. The van der Waals surface area contributed by atoms with Crippen LogP contribution in [0.15, 0.2) is 59.8 Å². The van der Waals surface area contributed by atoms with Gasteiger partial charge in [0, 0.05) is 17.7 Å². The molecule has 2 heterocycles. The van der Waals surface area contributed by atoms with Crippen LogP contribution >= 0.6 is 11.6 Å². The highest BCUT2D eigenvalue weighted by Crippen LogP contribution is 2.45. The second-order valence-electron chi connectivity index (χ2n) is 9.59. The molecule has 35 heavy (non-hydrogen) atoms. The van der Waals surface area contributed by atoms with Gasteiger partial charge in [-0.1, -0.05) is 35.4 Å². The molecule has 0 bridgehead atoms. The van der Waals surface area contributed by atoms with E-state index >= 15 is 0 Å². The number of nitrogens with zero attached hydrogens (tertiary/aromatic N) is 4. The van der Waals surface area contributed by atoms with Gasteiger partial charge in [0.1, 0.15) is 5.52 Å². The fourth-order valence-electron chi connectivity index (χ4n) is 4.60. The van der Waals surface area contributed by atoms with Gasteiger partial charge in [-0.25, -0.2) is 4.98 Å². The molecule has 9 heteroatoms. The summed E-state index contributed by atoms with van der Waals surface area (Å²) in [7, 11) is -3.74. The van der Waals surface area contributed by atoms with Crippen LogP contribution in [0.5, 0.6) is 0 Å². The van der Waals surface area contributed by atoms with Gasteiger partial charge >= 0.3 is 0 Å². The molecule has 2 saturated carbocycles. The first-order valence-corrected chi connectivity index (χ1v) is 13.6. The van der Waals surface area contributed by atoms with E-state index in [2.05, 4.69) is 11.2 Å². The molecular weight excluding hydrogens is 484 g/mol. The molecule has 2 aromatic heterocycles. The second kappa shape index (κ2) is 8.69. The lowest BCUT2D eigenvalue weighted by atomic mass is 9.81. The summed E-state index contributed by atoms with van der Waals surface area (Å²) in [6.07, 6.45) is 7.76. The SMILES string of the molecule is Cc1ccc(S(=O)(=O)OC[C@H]2C[C@H](n3cc(-c4cnc5c(Cl)cccc5n4)c(C4CC4)n3)C2)cc1. The van der Waals surface area contributed by atoms with E-state index < -0.39 is 10.1 Å². The highest BCUT2D eigenvalue weighted by molar-refractivity contribution is 7.86. The Morgan fingerprint density at radius 1 is 1.11 bits per heavy atom. The number of hydrogen-bond donors (Lipinski definition) is 0. The van der Waals surface area contributed by atoms with Crippen LogP contribution in [0.2, 0.25) is 5.02 Å². The van der Waals surface area contributed by atoms with Crippen molar-refractivity contribution in [1.82, 2.24) is 19.7 Å². The molecule has 0 aliphatic heterocycles. The monoisotopic (exact) mass is 508 g/mol. The number of para-hydroxylation sites is 1. The summed E-state index contributed by atoms with van der Waals surface area (Å²) >= 11 is 6.26. The number of aromatic nitrogens is 4. The molecule has 2 aliphatic carbocycles. The van der Waals surface area contributed by atoms with Crippen molar-refractivity contribution in [3.8, 4) is 11.3 Å². The highest BCUT2D eigenvalue weighted by atomic mass is 35.5. The van der Waals surface area contributed by atoms with Crippen LogP contribution in [0.4, 0.5) is 0 Å². The van der Waals surface area contributed by atoms with Crippen LogP contribution < -0.4 is 0 Å². The quantitative estimate of drug-likeness (QED) is 0.298. The molecule has 2 fully saturated rings. The maximum Gasteiger partial charge on any atom is 0.296 e. The summed E-state index contributed by atoms with van der Waals surface area (Å²) < 4.78 is 32.3. The molecule has 0 amide bonds. The lowest BCUT2D eigenvalue weighted by molar-refractivity contribution is 0.120. The predicted molar refractivity (Wildman–Crippen MR) is 134 cm³/mol. The van der Waals surface area contributed by atoms with Crippen LogP contribution in [0.3, 0.4) is 0 Å². The number of fused-ring (bicyclic) bond motifs is 1. The summed E-state index contributed by atoms with van der Waals surface area (Å²) in [6, 6.07) is 12.6. The van der Waals surface area contributed by atoms with Crippen LogP contribution in [-0.4, -0.2) is 34.8 Å². The van der Waals surface area contributed by atoms with Crippen molar-refractivity contribution in [3.05, 3.63) is 71.1 Å². The fraction of sp³-hybridized carbons (Fsp3) is 0.346. The molecule has 6 rings (SSSR count). The van der Waals surface area contributed by atoms with Crippen molar-refractivity contribution in [2.24, 2.45) is 5.92 Å².